The predicted molar refractivity (Wildman–Crippen MR) is 72.4 cm³/mol. The van der Waals surface area contributed by atoms with Crippen molar-refractivity contribution in [1.29, 1.82) is 0 Å². The van der Waals surface area contributed by atoms with Crippen molar-refractivity contribution >= 4 is 11.5 Å². The first kappa shape index (κ1) is 12.3. The molecule has 2 atom stereocenters. The molecular weight excluding hydrogens is 244 g/mol. The van der Waals surface area contributed by atoms with Gasteiger partial charge < -0.3 is 10.2 Å². The van der Waals surface area contributed by atoms with Crippen LogP contribution in [0.3, 0.4) is 0 Å². The number of nitrogens with zero attached hydrogens (tertiary/aromatic N) is 3. The molecule has 0 spiro atoms. The zero-order valence-corrected chi connectivity index (χ0v) is 11.0. The summed E-state index contributed by atoms with van der Waals surface area (Å²) in [7, 11) is 0. The summed E-state index contributed by atoms with van der Waals surface area (Å²) in [6, 6.07) is 2.26. The van der Waals surface area contributed by atoms with Crippen molar-refractivity contribution in [3.05, 3.63) is 27.9 Å². The highest BCUT2D eigenvalue weighted by molar-refractivity contribution is 5.51. The lowest BCUT2D eigenvalue weighted by molar-refractivity contribution is -0.385. The van der Waals surface area contributed by atoms with E-state index in [0.29, 0.717) is 12.0 Å². The molecule has 1 aromatic heterocycles. The van der Waals surface area contributed by atoms with Gasteiger partial charge in [-0.25, -0.2) is 4.98 Å². The smallest absolute Gasteiger partial charge is 0.287 e. The molecule has 0 amide bonds. The molecule has 6 heteroatoms. The van der Waals surface area contributed by atoms with Gasteiger partial charge in [0.15, 0.2) is 0 Å². The molecule has 2 aliphatic rings. The number of piperidine rings is 1. The summed E-state index contributed by atoms with van der Waals surface area (Å²) >= 11 is 0. The van der Waals surface area contributed by atoms with E-state index in [-0.39, 0.29) is 5.69 Å². The minimum absolute atomic E-state index is 0.0682. The first-order valence-corrected chi connectivity index (χ1v) is 6.74. The van der Waals surface area contributed by atoms with E-state index in [1.807, 2.05) is 6.92 Å². The summed E-state index contributed by atoms with van der Waals surface area (Å²) in [5, 5.41) is 14.3. The average molecular weight is 262 g/mol. The number of anilines is 1. The number of nitrogens with one attached hydrogen (secondary N) is 1. The lowest BCUT2D eigenvalue weighted by Crippen LogP contribution is -2.45. The van der Waals surface area contributed by atoms with Crippen LogP contribution >= 0.6 is 0 Å². The second-order valence-electron chi connectivity index (χ2n) is 5.44. The molecule has 102 valence electrons. The van der Waals surface area contributed by atoms with Gasteiger partial charge in [0.25, 0.3) is 5.69 Å². The van der Waals surface area contributed by atoms with Gasteiger partial charge in [-0.05, 0) is 37.8 Å². The van der Waals surface area contributed by atoms with Gasteiger partial charge in [0.1, 0.15) is 12.0 Å². The largest absolute Gasteiger partial charge is 0.356 e. The van der Waals surface area contributed by atoms with Crippen LogP contribution in [-0.2, 0) is 0 Å². The monoisotopic (exact) mass is 262 g/mol. The van der Waals surface area contributed by atoms with Crippen molar-refractivity contribution in [2.75, 3.05) is 24.5 Å². The fourth-order valence-electron chi connectivity index (χ4n) is 3.22. The van der Waals surface area contributed by atoms with Crippen molar-refractivity contribution in [1.82, 2.24) is 10.3 Å². The van der Waals surface area contributed by atoms with Crippen molar-refractivity contribution < 1.29 is 4.92 Å². The highest BCUT2D eigenvalue weighted by atomic mass is 16.6. The Morgan fingerprint density at radius 3 is 3.11 bits per heavy atom. The molecule has 2 saturated heterocycles. The number of aromatic nitrogens is 1. The van der Waals surface area contributed by atoms with Crippen LogP contribution in [0.25, 0.3) is 0 Å². The molecule has 6 nitrogen and oxygen atoms in total. The molecule has 0 aliphatic carbocycles. The van der Waals surface area contributed by atoms with E-state index < -0.39 is 4.92 Å². The van der Waals surface area contributed by atoms with Crippen molar-refractivity contribution in [3.63, 3.8) is 0 Å². The minimum atomic E-state index is -0.392. The molecule has 2 aliphatic heterocycles. The predicted octanol–water partition coefficient (Wildman–Crippen LogP) is 1.49. The van der Waals surface area contributed by atoms with Crippen LogP contribution in [0.2, 0.25) is 0 Å². The molecule has 2 fully saturated rings. The quantitative estimate of drug-likeness (QED) is 0.645. The Morgan fingerprint density at radius 2 is 2.37 bits per heavy atom. The molecule has 1 N–H and O–H groups in total. The third kappa shape index (κ3) is 2.28. The molecule has 19 heavy (non-hydrogen) atoms. The summed E-state index contributed by atoms with van der Waals surface area (Å²) in [6.45, 7) is 4.98. The Kier molecular flexibility index (Phi) is 3.10. The summed E-state index contributed by atoms with van der Waals surface area (Å²) in [5.41, 5.74) is 0.956. The molecule has 3 rings (SSSR count). The first-order valence-electron chi connectivity index (χ1n) is 6.74. The van der Waals surface area contributed by atoms with Gasteiger partial charge in [0.2, 0.25) is 0 Å². The van der Waals surface area contributed by atoms with Crippen LogP contribution in [0.5, 0.6) is 0 Å². The van der Waals surface area contributed by atoms with E-state index in [0.717, 1.165) is 37.4 Å². The van der Waals surface area contributed by atoms with Crippen LogP contribution in [0, 0.1) is 23.0 Å². The van der Waals surface area contributed by atoms with Gasteiger partial charge in [0.05, 0.1) is 4.92 Å². The van der Waals surface area contributed by atoms with E-state index in [9.17, 15) is 10.1 Å². The Morgan fingerprint density at radius 1 is 1.53 bits per heavy atom. The Hall–Kier alpha value is -1.69. The van der Waals surface area contributed by atoms with Crippen molar-refractivity contribution in [3.8, 4) is 0 Å². The second-order valence-corrected chi connectivity index (χ2v) is 5.44. The molecule has 3 heterocycles. The topological polar surface area (TPSA) is 71.3 Å². The molecular formula is C13H18N4O2. The number of aryl methyl sites for hydroxylation is 1. The lowest BCUT2D eigenvalue weighted by atomic mass is 9.93. The zero-order valence-electron chi connectivity index (χ0n) is 11.0. The standard InChI is InChI=1S/C13H18N4O2/c1-9-6-11(17(18)19)7-15-13(9)16-5-3-12-10(8-16)2-4-14-12/h6-7,10,12,14H,2-5,8H2,1H3. The van der Waals surface area contributed by atoms with E-state index in [4.69, 9.17) is 0 Å². The highest BCUT2D eigenvalue weighted by Gasteiger charge is 2.33. The van der Waals surface area contributed by atoms with Gasteiger partial charge in [-0.2, -0.15) is 0 Å². The van der Waals surface area contributed by atoms with E-state index >= 15 is 0 Å². The summed E-state index contributed by atoms with van der Waals surface area (Å²) < 4.78 is 0. The zero-order chi connectivity index (χ0) is 13.4. The maximum Gasteiger partial charge on any atom is 0.287 e. The Labute approximate surface area is 112 Å². The third-order valence-corrected chi connectivity index (χ3v) is 4.20. The van der Waals surface area contributed by atoms with Crippen LogP contribution in [-0.4, -0.2) is 35.6 Å². The number of fused-ring (bicyclic) bond motifs is 1. The number of nitro groups is 1. The van der Waals surface area contributed by atoms with E-state index in [1.165, 1.54) is 12.6 Å². The summed E-state index contributed by atoms with van der Waals surface area (Å²) in [4.78, 5) is 16.9. The van der Waals surface area contributed by atoms with Gasteiger partial charge >= 0.3 is 0 Å². The fraction of sp³-hybridized carbons (Fsp3) is 0.615. The molecule has 1 aromatic rings. The Balaban J connectivity index is 1.80. The number of pyridine rings is 1. The molecule has 0 bridgehead atoms. The maximum atomic E-state index is 10.7. The van der Waals surface area contributed by atoms with Gasteiger partial charge in [-0.3, -0.25) is 10.1 Å². The van der Waals surface area contributed by atoms with E-state index in [2.05, 4.69) is 15.2 Å². The third-order valence-electron chi connectivity index (χ3n) is 4.20. The van der Waals surface area contributed by atoms with Crippen molar-refractivity contribution in [2.45, 2.75) is 25.8 Å². The van der Waals surface area contributed by atoms with E-state index in [1.54, 1.807) is 6.07 Å². The van der Waals surface area contributed by atoms with Gasteiger partial charge in [-0.15, -0.1) is 0 Å². The Bertz CT molecular complexity index is 505. The SMILES string of the molecule is Cc1cc([N+](=O)[O-])cnc1N1CCC2NCCC2C1. The summed E-state index contributed by atoms with van der Waals surface area (Å²) in [5.74, 6) is 1.58. The normalized spacial score (nSPS) is 26.3. The minimum Gasteiger partial charge on any atom is -0.356 e. The molecule has 2 unspecified atom stereocenters. The molecule has 0 saturated carbocycles. The van der Waals surface area contributed by atoms with Crippen LogP contribution < -0.4 is 10.2 Å². The number of rotatable bonds is 2. The van der Waals surface area contributed by atoms with Gasteiger partial charge in [0, 0.05) is 25.2 Å². The number of hydrogen-bond donors (Lipinski definition) is 1. The average Bonchev–Trinajstić information content (AvgIpc) is 2.85. The maximum absolute atomic E-state index is 10.7. The number of hydrogen-bond acceptors (Lipinski definition) is 5. The first-order chi connectivity index (χ1) is 9.15. The second kappa shape index (κ2) is 4.77. The van der Waals surface area contributed by atoms with Crippen LogP contribution in [0.1, 0.15) is 18.4 Å². The summed E-state index contributed by atoms with van der Waals surface area (Å²) in [6.07, 6.45) is 3.71. The van der Waals surface area contributed by atoms with Crippen molar-refractivity contribution in [2.24, 2.45) is 5.92 Å². The van der Waals surface area contributed by atoms with Crippen LogP contribution in [0.4, 0.5) is 11.5 Å². The molecule has 0 radical (unpaired) electrons. The van der Waals surface area contributed by atoms with Crippen LogP contribution in [0.15, 0.2) is 12.3 Å². The lowest BCUT2D eigenvalue weighted by Gasteiger charge is -2.36. The highest BCUT2D eigenvalue weighted by Crippen LogP contribution is 2.29. The fourth-order valence-corrected chi connectivity index (χ4v) is 3.22. The van der Waals surface area contributed by atoms with Gasteiger partial charge in [-0.1, -0.05) is 0 Å². The molecule has 0 aromatic carbocycles.